The van der Waals surface area contributed by atoms with Crippen LogP contribution in [0.5, 0.6) is 0 Å². The van der Waals surface area contributed by atoms with Crippen molar-refractivity contribution < 1.29 is 9.90 Å². The molecule has 0 saturated heterocycles. The number of aliphatic carboxylic acids is 1. The lowest BCUT2D eigenvalue weighted by Gasteiger charge is -2.08. The van der Waals surface area contributed by atoms with Gasteiger partial charge >= 0.3 is 5.97 Å². The Morgan fingerprint density at radius 2 is 0.893 bits per heavy atom. The first-order valence-corrected chi connectivity index (χ1v) is 12.6. The summed E-state index contributed by atoms with van der Waals surface area (Å²) in [5.74, 6) is -0.756. The Morgan fingerprint density at radius 1 is 0.607 bits per heavy atom. The highest BCUT2D eigenvalue weighted by Crippen LogP contribution is 2.14. The lowest BCUT2D eigenvalue weighted by Crippen LogP contribution is -2.34. The fraction of sp³-hybridized carbons (Fsp3) is 0.960. The third-order valence-corrected chi connectivity index (χ3v) is 5.85. The van der Waals surface area contributed by atoms with E-state index in [2.05, 4.69) is 12.2 Å². The molecule has 168 valence electrons. The molecule has 3 heteroatoms. The minimum absolute atomic E-state index is 0.416. The van der Waals surface area contributed by atoms with E-state index in [0.29, 0.717) is 0 Å². The topological polar surface area (TPSA) is 49.3 Å². The minimum Gasteiger partial charge on any atom is -0.480 e. The van der Waals surface area contributed by atoms with Crippen molar-refractivity contribution in [1.82, 2.24) is 5.32 Å². The highest BCUT2D eigenvalue weighted by Gasteiger charge is 2.07. The van der Waals surface area contributed by atoms with Gasteiger partial charge in [-0.1, -0.05) is 129 Å². The molecule has 2 N–H and O–H groups in total. The number of nitrogens with one attached hydrogen (secondary N) is 1. The maximum atomic E-state index is 10.7. The van der Waals surface area contributed by atoms with Gasteiger partial charge in [0.15, 0.2) is 0 Å². The van der Waals surface area contributed by atoms with Crippen LogP contribution in [0.3, 0.4) is 0 Å². The minimum atomic E-state index is -0.756. The second-order valence-corrected chi connectivity index (χ2v) is 8.73. The first-order chi connectivity index (χ1) is 13.7. The number of hydrogen-bond donors (Lipinski definition) is 2. The number of rotatable bonds is 23. The fourth-order valence-electron chi connectivity index (χ4n) is 3.79. The van der Waals surface area contributed by atoms with E-state index < -0.39 is 12.0 Å². The van der Waals surface area contributed by atoms with Crippen molar-refractivity contribution in [2.45, 2.75) is 148 Å². The van der Waals surface area contributed by atoms with Gasteiger partial charge in [-0.25, -0.2) is 0 Å². The van der Waals surface area contributed by atoms with Gasteiger partial charge in [-0.05, 0) is 19.9 Å². The summed E-state index contributed by atoms with van der Waals surface area (Å²) in [4.78, 5) is 10.7. The van der Waals surface area contributed by atoms with Gasteiger partial charge in [0.1, 0.15) is 6.04 Å². The maximum absolute atomic E-state index is 10.7. The number of carboxylic acid groups (broad SMARTS) is 1. The van der Waals surface area contributed by atoms with E-state index in [9.17, 15) is 4.79 Å². The van der Waals surface area contributed by atoms with Crippen LogP contribution in [-0.4, -0.2) is 23.7 Å². The molecule has 0 aliphatic carbocycles. The molecule has 0 saturated carbocycles. The zero-order valence-corrected chi connectivity index (χ0v) is 19.3. The van der Waals surface area contributed by atoms with Crippen LogP contribution in [0.25, 0.3) is 0 Å². The Kier molecular flexibility index (Phi) is 22.3. The van der Waals surface area contributed by atoms with Gasteiger partial charge in [-0.3, -0.25) is 4.79 Å². The number of unbranched alkanes of at least 4 members (excludes halogenated alkanes) is 19. The van der Waals surface area contributed by atoms with Crippen LogP contribution in [0.1, 0.15) is 142 Å². The van der Waals surface area contributed by atoms with Gasteiger partial charge in [-0.2, -0.15) is 0 Å². The van der Waals surface area contributed by atoms with E-state index >= 15 is 0 Å². The zero-order valence-electron chi connectivity index (χ0n) is 19.3. The monoisotopic (exact) mass is 397 g/mol. The second-order valence-electron chi connectivity index (χ2n) is 8.73. The summed E-state index contributed by atoms with van der Waals surface area (Å²) >= 11 is 0. The molecule has 1 atom stereocenters. The molecular weight excluding hydrogens is 346 g/mol. The first kappa shape index (κ1) is 27.4. The van der Waals surface area contributed by atoms with Crippen LogP contribution in [0.15, 0.2) is 0 Å². The Bertz CT molecular complexity index is 320. The summed E-state index contributed by atoms with van der Waals surface area (Å²) in [5, 5.41) is 11.8. The Balaban J connectivity index is 3.04. The highest BCUT2D eigenvalue weighted by molar-refractivity contribution is 5.72. The third-order valence-electron chi connectivity index (χ3n) is 5.85. The average Bonchev–Trinajstić information content (AvgIpc) is 2.68. The summed E-state index contributed by atoms with van der Waals surface area (Å²) in [7, 11) is 0. The van der Waals surface area contributed by atoms with Crippen LogP contribution >= 0.6 is 0 Å². The number of carbonyl (C=O) groups is 1. The molecule has 0 rings (SSSR count). The molecule has 0 aliphatic heterocycles. The van der Waals surface area contributed by atoms with E-state index in [1.54, 1.807) is 6.92 Å². The van der Waals surface area contributed by atoms with Crippen LogP contribution < -0.4 is 5.32 Å². The molecular formula is C25H51NO2. The van der Waals surface area contributed by atoms with Crippen molar-refractivity contribution in [3.63, 3.8) is 0 Å². The molecule has 0 aliphatic rings. The predicted octanol–water partition coefficient (Wildman–Crippen LogP) is 7.87. The van der Waals surface area contributed by atoms with Crippen molar-refractivity contribution in [2.24, 2.45) is 0 Å². The van der Waals surface area contributed by atoms with Gasteiger partial charge < -0.3 is 10.4 Å². The zero-order chi connectivity index (χ0) is 20.7. The molecule has 0 heterocycles. The molecule has 0 amide bonds. The van der Waals surface area contributed by atoms with Crippen LogP contribution in [0, 0.1) is 0 Å². The number of carboxylic acids is 1. The summed E-state index contributed by atoms with van der Waals surface area (Å²) in [6.07, 6.45) is 27.8. The van der Waals surface area contributed by atoms with Gasteiger partial charge in [0.05, 0.1) is 0 Å². The van der Waals surface area contributed by atoms with Crippen molar-refractivity contribution in [3.05, 3.63) is 0 Å². The summed E-state index contributed by atoms with van der Waals surface area (Å²) in [6.45, 7) is 4.82. The predicted molar refractivity (Wildman–Crippen MR) is 123 cm³/mol. The molecule has 0 aromatic heterocycles. The van der Waals surface area contributed by atoms with E-state index in [-0.39, 0.29) is 0 Å². The van der Waals surface area contributed by atoms with Crippen molar-refractivity contribution >= 4 is 5.97 Å². The van der Waals surface area contributed by atoms with Crippen molar-refractivity contribution in [2.75, 3.05) is 6.54 Å². The maximum Gasteiger partial charge on any atom is 0.320 e. The fourth-order valence-corrected chi connectivity index (χ4v) is 3.79. The second kappa shape index (κ2) is 22.7. The third kappa shape index (κ3) is 21.7. The van der Waals surface area contributed by atoms with Crippen molar-refractivity contribution in [3.8, 4) is 0 Å². The molecule has 28 heavy (non-hydrogen) atoms. The molecule has 0 spiro atoms. The Morgan fingerprint density at radius 3 is 1.18 bits per heavy atom. The quantitative estimate of drug-likeness (QED) is 0.172. The van der Waals surface area contributed by atoms with Gasteiger partial charge in [0.25, 0.3) is 0 Å². The van der Waals surface area contributed by atoms with E-state index in [1.807, 2.05) is 0 Å². The smallest absolute Gasteiger partial charge is 0.320 e. The van der Waals surface area contributed by atoms with Gasteiger partial charge in [-0.15, -0.1) is 0 Å². The van der Waals surface area contributed by atoms with E-state index in [1.165, 1.54) is 122 Å². The molecule has 0 fully saturated rings. The number of hydrogen-bond acceptors (Lipinski definition) is 2. The summed E-state index contributed by atoms with van der Waals surface area (Å²) in [6, 6.07) is -0.416. The van der Waals surface area contributed by atoms with E-state index in [0.717, 1.165) is 13.0 Å². The Labute approximate surface area is 176 Å². The lowest BCUT2D eigenvalue weighted by atomic mass is 10.0. The SMILES string of the molecule is CCCCCCCCCCCCCCCCCCCCCCNC(C)C(=O)O. The normalized spacial score (nSPS) is 12.4. The molecule has 1 unspecified atom stereocenters. The lowest BCUT2D eigenvalue weighted by molar-refractivity contribution is -0.138. The van der Waals surface area contributed by atoms with Crippen molar-refractivity contribution in [1.29, 1.82) is 0 Å². The van der Waals surface area contributed by atoms with Crippen LogP contribution in [0.4, 0.5) is 0 Å². The summed E-state index contributed by atoms with van der Waals surface area (Å²) in [5.41, 5.74) is 0. The van der Waals surface area contributed by atoms with Crippen LogP contribution in [-0.2, 0) is 4.79 Å². The largest absolute Gasteiger partial charge is 0.480 e. The molecule has 0 radical (unpaired) electrons. The first-order valence-electron chi connectivity index (χ1n) is 12.6. The molecule has 0 bridgehead atoms. The van der Waals surface area contributed by atoms with Gasteiger partial charge in [0.2, 0.25) is 0 Å². The summed E-state index contributed by atoms with van der Waals surface area (Å²) < 4.78 is 0. The van der Waals surface area contributed by atoms with Crippen LogP contribution in [0.2, 0.25) is 0 Å². The molecule has 0 aromatic carbocycles. The Hall–Kier alpha value is -0.570. The average molecular weight is 398 g/mol. The molecule has 0 aromatic rings. The molecule has 3 nitrogen and oxygen atoms in total. The van der Waals surface area contributed by atoms with E-state index in [4.69, 9.17) is 5.11 Å². The standard InChI is InChI=1S/C25H51NO2/c1-3-4-5-6-7-8-9-10-11-12-13-14-15-16-17-18-19-20-21-22-23-26-24(2)25(27)28/h24,26H,3-23H2,1-2H3,(H,27,28). The highest BCUT2D eigenvalue weighted by atomic mass is 16.4. The van der Waals surface area contributed by atoms with Gasteiger partial charge in [0, 0.05) is 0 Å².